The van der Waals surface area contributed by atoms with Crippen molar-refractivity contribution in [2.24, 2.45) is 23.5 Å². The number of nitrogens with two attached hydrogens (primary N) is 1. The van der Waals surface area contributed by atoms with Crippen molar-refractivity contribution in [2.45, 2.75) is 33.6 Å². The first-order valence-corrected chi connectivity index (χ1v) is 6.46. The summed E-state index contributed by atoms with van der Waals surface area (Å²) < 4.78 is 0. The van der Waals surface area contributed by atoms with Crippen LogP contribution in [0, 0.1) is 17.8 Å². The maximum atomic E-state index is 12.2. The first kappa shape index (κ1) is 13.4. The Hall–Kier alpha value is -0.640. The van der Waals surface area contributed by atoms with Crippen LogP contribution in [0.25, 0.3) is 0 Å². The van der Waals surface area contributed by atoms with Gasteiger partial charge in [0.05, 0.1) is 4.99 Å². The van der Waals surface area contributed by atoms with E-state index in [4.69, 9.17) is 18.0 Å². The van der Waals surface area contributed by atoms with Crippen LogP contribution >= 0.6 is 12.2 Å². The van der Waals surface area contributed by atoms with Crippen molar-refractivity contribution >= 4 is 23.1 Å². The molecule has 0 spiro atoms. The second-order valence-corrected chi connectivity index (χ2v) is 5.28. The van der Waals surface area contributed by atoms with Gasteiger partial charge in [-0.1, -0.05) is 26.1 Å². The Kier molecular flexibility index (Phi) is 4.71. The Morgan fingerprint density at radius 1 is 1.50 bits per heavy atom. The van der Waals surface area contributed by atoms with Gasteiger partial charge in [-0.2, -0.15) is 0 Å². The first-order chi connectivity index (χ1) is 7.47. The number of hydrogen-bond donors (Lipinski definition) is 1. The van der Waals surface area contributed by atoms with E-state index < -0.39 is 0 Å². The molecule has 16 heavy (non-hydrogen) atoms. The highest BCUT2D eigenvalue weighted by molar-refractivity contribution is 7.80. The van der Waals surface area contributed by atoms with Gasteiger partial charge >= 0.3 is 0 Å². The highest BCUT2D eigenvalue weighted by atomic mass is 32.1. The van der Waals surface area contributed by atoms with Gasteiger partial charge in [-0.3, -0.25) is 4.79 Å². The third kappa shape index (κ3) is 3.44. The van der Waals surface area contributed by atoms with Crippen molar-refractivity contribution in [2.75, 3.05) is 13.1 Å². The van der Waals surface area contributed by atoms with E-state index in [1.807, 2.05) is 25.7 Å². The summed E-state index contributed by atoms with van der Waals surface area (Å²) >= 11 is 4.94. The molecule has 0 aromatic heterocycles. The lowest BCUT2D eigenvalue weighted by Gasteiger charge is -2.27. The quantitative estimate of drug-likeness (QED) is 0.723. The van der Waals surface area contributed by atoms with E-state index in [2.05, 4.69) is 0 Å². The maximum Gasteiger partial charge on any atom is 0.225 e. The van der Waals surface area contributed by atoms with Crippen LogP contribution in [0.1, 0.15) is 33.6 Å². The van der Waals surface area contributed by atoms with E-state index >= 15 is 0 Å². The number of rotatable bonds is 6. The van der Waals surface area contributed by atoms with Crippen molar-refractivity contribution in [3.8, 4) is 0 Å². The van der Waals surface area contributed by atoms with Gasteiger partial charge < -0.3 is 10.6 Å². The zero-order chi connectivity index (χ0) is 12.3. The summed E-state index contributed by atoms with van der Waals surface area (Å²) in [5, 5.41) is 0. The number of thiocarbonyl (C=S) groups is 1. The SMILES string of the molecule is CCN(CC(C)C(N)=S)C(=O)C(C)C1CC1. The van der Waals surface area contributed by atoms with Gasteiger partial charge in [-0.15, -0.1) is 0 Å². The fourth-order valence-corrected chi connectivity index (χ4v) is 1.96. The fraction of sp³-hybridized carbons (Fsp3) is 0.833. The van der Waals surface area contributed by atoms with Gasteiger partial charge in [0.15, 0.2) is 0 Å². The van der Waals surface area contributed by atoms with Gasteiger partial charge in [0.1, 0.15) is 0 Å². The standard InChI is InChI=1S/C12H22N2OS/c1-4-14(7-8(2)11(13)16)12(15)9(3)10-5-6-10/h8-10H,4-7H2,1-3H3,(H2,13,16). The highest BCUT2D eigenvalue weighted by Gasteiger charge is 2.34. The van der Waals surface area contributed by atoms with Crippen molar-refractivity contribution < 1.29 is 4.79 Å². The lowest BCUT2D eigenvalue weighted by Crippen LogP contribution is -2.41. The molecule has 0 aliphatic heterocycles. The van der Waals surface area contributed by atoms with E-state index in [-0.39, 0.29) is 17.7 Å². The summed E-state index contributed by atoms with van der Waals surface area (Å²) in [6, 6.07) is 0. The Labute approximate surface area is 103 Å². The van der Waals surface area contributed by atoms with Crippen LogP contribution in [0.4, 0.5) is 0 Å². The van der Waals surface area contributed by atoms with Crippen molar-refractivity contribution in [1.82, 2.24) is 4.90 Å². The lowest BCUT2D eigenvalue weighted by atomic mass is 10.0. The molecule has 1 aliphatic rings. The minimum absolute atomic E-state index is 0.102. The smallest absolute Gasteiger partial charge is 0.225 e. The molecule has 1 saturated carbocycles. The van der Waals surface area contributed by atoms with Gasteiger partial charge in [0, 0.05) is 24.9 Å². The molecule has 1 fully saturated rings. The molecule has 92 valence electrons. The summed E-state index contributed by atoms with van der Waals surface area (Å²) in [6.07, 6.45) is 2.41. The maximum absolute atomic E-state index is 12.2. The van der Waals surface area contributed by atoms with Crippen molar-refractivity contribution in [1.29, 1.82) is 0 Å². The van der Waals surface area contributed by atoms with Crippen LogP contribution in [-0.2, 0) is 4.79 Å². The number of hydrogen-bond acceptors (Lipinski definition) is 2. The molecule has 0 aromatic carbocycles. The van der Waals surface area contributed by atoms with E-state index in [0.29, 0.717) is 17.5 Å². The van der Waals surface area contributed by atoms with Gasteiger partial charge in [0.25, 0.3) is 0 Å². The molecule has 0 saturated heterocycles. The van der Waals surface area contributed by atoms with Crippen molar-refractivity contribution in [3.63, 3.8) is 0 Å². The van der Waals surface area contributed by atoms with Crippen molar-refractivity contribution in [3.05, 3.63) is 0 Å². The highest BCUT2D eigenvalue weighted by Crippen LogP contribution is 2.37. The average Bonchev–Trinajstić information content (AvgIpc) is 3.06. The number of nitrogens with zero attached hydrogens (tertiary/aromatic N) is 1. The summed E-state index contributed by atoms with van der Waals surface area (Å²) in [5.41, 5.74) is 5.58. The molecule has 2 atom stereocenters. The van der Waals surface area contributed by atoms with Crippen LogP contribution in [0.3, 0.4) is 0 Å². The molecule has 1 rings (SSSR count). The molecule has 0 aromatic rings. The predicted molar refractivity (Wildman–Crippen MR) is 70.1 cm³/mol. The molecule has 1 amide bonds. The number of amides is 1. The van der Waals surface area contributed by atoms with Crippen LogP contribution in [0.2, 0.25) is 0 Å². The van der Waals surface area contributed by atoms with Crippen LogP contribution in [0.5, 0.6) is 0 Å². The number of carbonyl (C=O) groups is 1. The van der Waals surface area contributed by atoms with Gasteiger partial charge in [-0.05, 0) is 25.7 Å². The van der Waals surface area contributed by atoms with Crippen LogP contribution in [0.15, 0.2) is 0 Å². The third-order valence-corrected chi connectivity index (χ3v) is 3.79. The zero-order valence-electron chi connectivity index (χ0n) is 10.4. The summed E-state index contributed by atoms with van der Waals surface area (Å²) in [7, 11) is 0. The van der Waals surface area contributed by atoms with Crippen LogP contribution < -0.4 is 5.73 Å². The summed E-state index contributed by atoms with van der Waals surface area (Å²) in [6.45, 7) is 7.41. The minimum Gasteiger partial charge on any atom is -0.393 e. The third-order valence-electron chi connectivity index (χ3n) is 3.39. The molecular weight excluding hydrogens is 220 g/mol. The lowest BCUT2D eigenvalue weighted by molar-refractivity contribution is -0.135. The zero-order valence-corrected chi connectivity index (χ0v) is 11.2. The Morgan fingerprint density at radius 3 is 2.44 bits per heavy atom. The Balaban J connectivity index is 2.52. The monoisotopic (exact) mass is 242 g/mol. The fourth-order valence-electron chi connectivity index (χ4n) is 1.88. The molecule has 0 bridgehead atoms. The molecule has 3 nitrogen and oxygen atoms in total. The molecule has 4 heteroatoms. The van der Waals surface area contributed by atoms with Gasteiger partial charge in [-0.25, -0.2) is 0 Å². The minimum atomic E-state index is 0.102. The molecule has 0 heterocycles. The number of carbonyl (C=O) groups excluding carboxylic acids is 1. The van der Waals surface area contributed by atoms with E-state index in [1.165, 1.54) is 12.8 Å². The van der Waals surface area contributed by atoms with E-state index in [9.17, 15) is 4.79 Å². The molecule has 1 aliphatic carbocycles. The Morgan fingerprint density at radius 2 is 2.06 bits per heavy atom. The second kappa shape index (κ2) is 5.62. The molecule has 0 radical (unpaired) electrons. The normalized spacial score (nSPS) is 18.9. The molecular formula is C12H22N2OS. The predicted octanol–water partition coefficient (Wildman–Crippen LogP) is 1.80. The average molecular weight is 242 g/mol. The summed E-state index contributed by atoms with van der Waals surface area (Å²) in [5.74, 6) is 1.14. The largest absolute Gasteiger partial charge is 0.393 e. The first-order valence-electron chi connectivity index (χ1n) is 6.05. The van der Waals surface area contributed by atoms with Crippen LogP contribution in [-0.4, -0.2) is 28.9 Å². The van der Waals surface area contributed by atoms with E-state index in [0.717, 1.165) is 6.54 Å². The molecule has 2 unspecified atom stereocenters. The Bertz CT molecular complexity index is 276. The van der Waals surface area contributed by atoms with Gasteiger partial charge in [0.2, 0.25) is 5.91 Å². The topological polar surface area (TPSA) is 46.3 Å². The molecule has 2 N–H and O–H groups in total. The second-order valence-electron chi connectivity index (χ2n) is 4.81. The summed E-state index contributed by atoms with van der Waals surface area (Å²) in [4.78, 5) is 14.5. The van der Waals surface area contributed by atoms with E-state index in [1.54, 1.807) is 0 Å².